The molecule has 0 atom stereocenters. The molecule has 0 aliphatic carbocycles. The molecule has 9 aromatic carbocycles. The number of aromatic nitrogens is 1. The van der Waals surface area contributed by atoms with Gasteiger partial charge in [-0.2, -0.15) is 0 Å². The average molecular weight is 725 g/mol. The Balaban J connectivity index is 1.35. The zero-order valence-corrected chi connectivity index (χ0v) is 28.2. The Morgan fingerprint density at radius 3 is 1.95 bits per heavy atom. The van der Waals surface area contributed by atoms with Crippen molar-refractivity contribution >= 4 is 71.6 Å². The Hall–Kier alpha value is -7.36. The van der Waals surface area contributed by atoms with Crippen LogP contribution in [-0.4, -0.2) is 4.57 Å². The van der Waals surface area contributed by atoms with Crippen LogP contribution < -0.4 is 4.90 Å². The largest absolute Gasteiger partial charge is 0.456 e. The van der Waals surface area contributed by atoms with E-state index >= 15 is 0 Å². The van der Waals surface area contributed by atoms with Gasteiger partial charge in [-0.15, -0.1) is 0 Å². The molecule has 0 saturated heterocycles. The summed E-state index contributed by atoms with van der Waals surface area (Å²) in [6.07, 6.45) is 0. The zero-order valence-electron chi connectivity index (χ0n) is 50.2. The highest BCUT2D eigenvalue weighted by Crippen LogP contribution is 2.47. The second kappa shape index (κ2) is 12.6. The Morgan fingerprint density at radius 2 is 1.11 bits per heavy atom. The van der Waals surface area contributed by atoms with Crippen LogP contribution in [0.5, 0.6) is 0 Å². The molecular formula is C52H34N2O. The molecule has 55 heavy (non-hydrogen) atoms. The molecule has 0 saturated carbocycles. The molecule has 0 spiro atoms. The van der Waals surface area contributed by atoms with Crippen LogP contribution in [0.2, 0.25) is 0 Å². The molecule has 0 radical (unpaired) electrons. The van der Waals surface area contributed by atoms with E-state index in [0.29, 0.717) is 26.8 Å². The topological polar surface area (TPSA) is 21.3 Å². The van der Waals surface area contributed by atoms with Gasteiger partial charge in [-0.25, -0.2) is 0 Å². The summed E-state index contributed by atoms with van der Waals surface area (Å²) in [6.45, 7) is 0. The van der Waals surface area contributed by atoms with E-state index < -0.39 is 177 Å². The molecule has 11 rings (SSSR count). The summed E-state index contributed by atoms with van der Waals surface area (Å²) in [7, 11) is 0. The van der Waals surface area contributed by atoms with Gasteiger partial charge in [-0.3, -0.25) is 0 Å². The molecule has 0 aliphatic heterocycles. The van der Waals surface area contributed by atoms with Crippen LogP contribution in [0.25, 0.3) is 82.5 Å². The van der Waals surface area contributed by atoms with Crippen molar-refractivity contribution in [1.82, 2.24) is 4.57 Å². The molecular weight excluding hydrogens is 669 g/mol. The van der Waals surface area contributed by atoms with Crippen LogP contribution in [0, 0.1) is 0 Å². The van der Waals surface area contributed by atoms with Gasteiger partial charge in [0.05, 0.1) is 46.9 Å². The fourth-order valence-electron chi connectivity index (χ4n) is 7.18. The van der Waals surface area contributed by atoms with E-state index in [1.807, 2.05) is 65.2 Å². The summed E-state index contributed by atoms with van der Waals surface area (Å²) in [5.74, 6) is 0. The lowest BCUT2D eigenvalue weighted by Gasteiger charge is -2.27. The van der Waals surface area contributed by atoms with Gasteiger partial charge >= 0.3 is 0 Å². The van der Waals surface area contributed by atoms with Crippen molar-refractivity contribution < 1.29 is 34.6 Å². The number of fused-ring (bicyclic) bond motifs is 8. The van der Waals surface area contributed by atoms with E-state index in [4.69, 9.17) is 16.8 Å². The van der Waals surface area contributed by atoms with Gasteiger partial charge in [0.1, 0.15) is 11.2 Å². The fraction of sp³-hybridized carbons (Fsp3) is 0. The van der Waals surface area contributed by atoms with Crippen molar-refractivity contribution in [3.05, 3.63) is 206 Å². The second-order valence-electron chi connectivity index (χ2n) is 12.4. The second-order valence-corrected chi connectivity index (χ2v) is 12.4. The Kier molecular flexibility index (Phi) is 3.76. The van der Waals surface area contributed by atoms with E-state index in [0.717, 1.165) is 11.2 Å². The molecule has 0 aliphatic rings. The maximum absolute atomic E-state index is 9.69. The number of benzene rings is 9. The van der Waals surface area contributed by atoms with Crippen molar-refractivity contribution in [2.24, 2.45) is 0 Å². The quantitative estimate of drug-likeness (QED) is 0.170. The third-order valence-electron chi connectivity index (χ3n) is 9.43. The minimum absolute atomic E-state index is 0.0347. The van der Waals surface area contributed by atoms with Gasteiger partial charge in [-0.05, 0) is 100 Å². The van der Waals surface area contributed by atoms with E-state index in [2.05, 4.69) is 0 Å². The molecule has 3 heteroatoms. The van der Waals surface area contributed by atoms with Gasteiger partial charge in [0.2, 0.25) is 0 Å². The summed E-state index contributed by atoms with van der Waals surface area (Å²) in [4.78, 5) is 0.550. The van der Waals surface area contributed by atoms with Crippen molar-refractivity contribution in [3.8, 4) is 27.9 Å². The van der Waals surface area contributed by atoms with E-state index in [9.17, 15) is 17.8 Å². The van der Waals surface area contributed by atoms with E-state index in [-0.39, 0.29) is 21.9 Å². The zero-order chi connectivity index (χ0) is 55.4. The van der Waals surface area contributed by atoms with Gasteiger partial charge < -0.3 is 13.9 Å². The lowest BCUT2D eigenvalue weighted by Crippen LogP contribution is -2.10. The first kappa shape index (κ1) is 16.3. The van der Waals surface area contributed by atoms with Crippen LogP contribution in [0.15, 0.2) is 210 Å². The molecule has 3 nitrogen and oxygen atoms in total. The molecule has 0 amide bonds. The van der Waals surface area contributed by atoms with Crippen LogP contribution >= 0.6 is 0 Å². The Bertz CT molecular complexity index is 4410. The first-order chi connectivity index (χ1) is 36.5. The normalized spacial score (nSPS) is 17.2. The number of rotatable bonds is 6. The smallest absolute Gasteiger partial charge is 0.136 e. The molecule has 11 aromatic rings. The summed E-state index contributed by atoms with van der Waals surface area (Å²) in [5, 5.41) is -0.251. The molecule has 0 N–H and O–H groups in total. The number of nitrogens with zero attached hydrogens (tertiary/aromatic N) is 2. The molecule has 0 unspecified atom stereocenters. The maximum Gasteiger partial charge on any atom is 0.136 e. The monoisotopic (exact) mass is 724 g/mol. The number of hydrogen-bond donors (Lipinski definition) is 0. The van der Waals surface area contributed by atoms with Crippen molar-refractivity contribution in [2.75, 3.05) is 4.90 Å². The number of anilines is 3. The van der Waals surface area contributed by atoms with Gasteiger partial charge in [0, 0.05) is 44.0 Å². The minimum atomic E-state index is -1.12. The average Bonchev–Trinajstić information content (AvgIpc) is 4.00. The first-order valence-electron chi connectivity index (χ1n) is 28.0. The predicted octanol–water partition coefficient (Wildman–Crippen LogP) is 14.6. The summed E-state index contributed by atoms with van der Waals surface area (Å²) >= 11 is 0. The molecule has 0 bridgehead atoms. The third-order valence-corrected chi connectivity index (χ3v) is 9.43. The third kappa shape index (κ3) is 4.98. The number of para-hydroxylation sites is 3. The molecule has 2 heterocycles. The molecule has 258 valence electrons. The van der Waals surface area contributed by atoms with E-state index in [1.54, 1.807) is 12.1 Å². The summed E-state index contributed by atoms with van der Waals surface area (Å²) in [6, 6.07) is 2.25. The highest BCUT2D eigenvalue weighted by molar-refractivity contribution is 6.27. The predicted molar refractivity (Wildman–Crippen MR) is 231 cm³/mol. The first-order valence-corrected chi connectivity index (χ1v) is 17.0. The van der Waals surface area contributed by atoms with Gasteiger partial charge in [0.25, 0.3) is 0 Å². The lowest BCUT2D eigenvalue weighted by atomic mass is 9.93. The molecule has 2 aromatic heterocycles. The van der Waals surface area contributed by atoms with Gasteiger partial charge in [0.15, 0.2) is 0 Å². The van der Waals surface area contributed by atoms with Gasteiger partial charge in [-0.1, -0.05) is 133 Å². The lowest BCUT2D eigenvalue weighted by molar-refractivity contribution is 0.669. The minimum Gasteiger partial charge on any atom is -0.456 e. The van der Waals surface area contributed by atoms with Crippen LogP contribution in [0.3, 0.4) is 0 Å². The van der Waals surface area contributed by atoms with Crippen molar-refractivity contribution in [1.29, 1.82) is 0 Å². The highest BCUT2D eigenvalue weighted by atomic mass is 16.3. The fourth-order valence-corrected chi connectivity index (χ4v) is 7.18. The van der Waals surface area contributed by atoms with Crippen LogP contribution in [0.1, 0.15) is 30.2 Å². The van der Waals surface area contributed by atoms with Crippen molar-refractivity contribution in [2.45, 2.75) is 0 Å². The molecule has 0 fully saturated rings. The Morgan fingerprint density at radius 1 is 0.418 bits per heavy atom. The van der Waals surface area contributed by atoms with E-state index in [1.165, 1.54) is 0 Å². The summed E-state index contributed by atoms with van der Waals surface area (Å²) in [5.41, 5.74) is -2.64. The Labute approximate surface area is 349 Å². The van der Waals surface area contributed by atoms with Crippen LogP contribution in [-0.2, 0) is 0 Å². The van der Waals surface area contributed by atoms with Crippen LogP contribution in [0.4, 0.5) is 17.1 Å². The standard InChI is InChI=1S/C52H34N2O/c1-4-15-35(16-5-1)36-29-31-39(32-30-36)53(37-17-6-2-7-18-37)45-26-12-22-41-40(45)33-34-49-51(41)52-43(24-14-28-48(52)55-49)42-23-13-27-47-50(42)44-21-10-11-25-46(44)54(47)38-19-8-3-9-20-38/h1-34H/i1D,2D,4D,5D,6D,7D,12D,14D,15D,16D,17D,18D,22D,24D,26D,28D,29D,30D,31D,32D,33D,34D. The SMILES string of the molecule is [2H]c1c([2H])c([2H])c(-c2c([2H])c([2H])c(N(c3c([2H])c([2H])c([2H])c([2H])c3[2H])c3c([2H])c([2H])c([2H])c4c3c([2H])c([2H])c3oc5c([2H])c([2H])c([2H])c(-c6cccc7c6c6ccccc6n7-c6ccccc6)c5c34)c([2H])c2[2H])c([2H])c1[2H]. The number of hydrogen-bond acceptors (Lipinski definition) is 2. The number of furan rings is 1. The highest BCUT2D eigenvalue weighted by Gasteiger charge is 2.22. The maximum atomic E-state index is 9.69. The van der Waals surface area contributed by atoms with Crippen molar-refractivity contribution in [3.63, 3.8) is 0 Å². The summed E-state index contributed by atoms with van der Waals surface area (Å²) < 4.78 is 208.